The molecule has 1 amide bonds. The third kappa shape index (κ3) is 5.98. The number of nitrogens with zero attached hydrogens (tertiary/aromatic N) is 2. The van der Waals surface area contributed by atoms with Gasteiger partial charge < -0.3 is 20.3 Å². The molecule has 7 heteroatoms. The van der Waals surface area contributed by atoms with Crippen LogP contribution in [0.1, 0.15) is 31.4 Å². The summed E-state index contributed by atoms with van der Waals surface area (Å²) in [4.78, 5) is 19.2. The van der Waals surface area contributed by atoms with Crippen LogP contribution < -0.4 is 15.5 Å². The lowest BCUT2D eigenvalue weighted by molar-refractivity contribution is -0.117. The van der Waals surface area contributed by atoms with Crippen molar-refractivity contribution in [3.63, 3.8) is 0 Å². The lowest BCUT2D eigenvalue weighted by Gasteiger charge is -2.20. The fourth-order valence-corrected chi connectivity index (χ4v) is 4.22. The molecule has 0 bridgehead atoms. The molecule has 2 fully saturated rings. The van der Waals surface area contributed by atoms with Crippen LogP contribution in [0.15, 0.2) is 65.7 Å². The van der Waals surface area contributed by atoms with Gasteiger partial charge in [-0.1, -0.05) is 48.5 Å². The van der Waals surface area contributed by atoms with E-state index in [-0.39, 0.29) is 42.0 Å². The van der Waals surface area contributed by atoms with Gasteiger partial charge in [0.1, 0.15) is 0 Å². The molecule has 0 radical (unpaired) electrons. The van der Waals surface area contributed by atoms with Gasteiger partial charge in [0.25, 0.3) is 0 Å². The molecule has 2 saturated heterocycles. The van der Waals surface area contributed by atoms with E-state index in [0.29, 0.717) is 25.4 Å². The van der Waals surface area contributed by atoms with E-state index in [1.54, 1.807) is 0 Å². The molecule has 2 heterocycles. The van der Waals surface area contributed by atoms with E-state index in [0.717, 1.165) is 31.2 Å². The van der Waals surface area contributed by atoms with Crippen LogP contribution >= 0.6 is 24.0 Å². The summed E-state index contributed by atoms with van der Waals surface area (Å²) < 4.78 is 5.99. The highest BCUT2D eigenvalue weighted by molar-refractivity contribution is 14.0. The van der Waals surface area contributed by atoms with E-state index < -0.39 is 0 Å². The van der Waals surface area contributed by atoms with Crippen LogP contribution in [-0.2, 0) is 9.53 Å². The Balaban J connectivity index is 0.00000272. The number of benzene rings is 2. The third-order valence-corrected chi connectivity index (χ3v) is 5.70. The molecule has 2 N–H and O–H groups in total. The zero-order valence-electron chi connectivity index (χ0n) is 17.9. The van der Waals surface area contributed by atoms with Crippen molar-refractivity contribution < 1.29 is 9.53 Å². The van der Waals surface area contributed by atoms with Crippen LogP contribution in [0.2, 0.25) is 0 Å². The molecular weight excluding hydrogens is 503 g/mol. The maximum atomic E-state index is 12.5. The first-order valence-electron chi connectivity index (χ1n) is 10.8. The van der Waals surface area contributed by atoms with Crippen LogP contribution in [0.4, 0.5) is 5.69 Å². The minimum absolute atomic E-state index is 0. The number of aliphatic imine (C=N–C) groups is 1. The fourth-order valence-electron chi connectivity index (χ4n) is 4.22. The largest absolute Gasteiger partial charge is 0.373 e. The Hall–Kier alpha value is -2.13. The van der Waals surface area contributed by atoms with Gasteiger partial charge >= 0.3 is 0 Å². The summed E-state index contributed by atoms with van der Waals surface area (Å²) in [5, 5.41) is 6.79. The minimum atomic E-state index is 0. The van der Waals surface area contributed by atoms with Gasteiger partial charge in [0.05, 0.1) is 12.1 Å². The Morgan fingerprint density at radius 2 is 1.84 bits per heavy atom. The van der Waals surface area contributed by atoms with Gasteiger partial charge in [-0.15, -0.1) is 24.0 Å². The van der Waals surface area contributed by atoms with Crippen molar-refractivity contribution >= 4 is 41.5 Å². The van der Waals surface area contributed by atoms with Crippen molar-refractivity contribution in [1.29, 1.82) is 0 Å². The van der Waals surface area contributed by atoms with Crippen molar-refractivity contribution in [2.45, 2.75) is 31.9 Å². The third-order valence-electron chi connectivity index (χ3n) is 5.70. The Morgan fingerprint density at radius 1 is 1.13 bits per heavy atom. The van der Waals surface area contributed by atoms with Crippen molar-refractivity contribution in [1.82, 2.24) is 10.6 Å². The highest BCUT2D eigenvalue weighted by Gasteiger charge is 2.32. The number of amides is 1. The van der Waals surface area contributed by atoms with E-state index in [9.17, 15) is 4.79 Å². The Labute approximate surface area is 201 Å². The maximum Gasteiger partial charge on any atom is 0.229 e. The summed E-state index contributed by atoms with van der Waals surface area (Å²) in [5.74, 6) is 1.26. The SMILES string of the molecule is CCNC(=NCC1CCOC1c1ccccc1)NC1CC(=O)N(c2ccccc2)C1.I. The molecule has 2 aromatic rings. The topological polar surface area (TPSA) is 66.0 Å². The summed E-state index contributed by atoms with van der Waals surface area (Å²) in [6.45, 7) is 4.94. The molecule has 31 heavy (non-hydrogen) atoms. The zero-order valence-corrected chi connectivity index (χ0v) is 20.2. The normalized spacial score (nSPS) is 23.5. The summed E-state index contributed by atoms with van der Waals surface area (Å²) in [5.41, 5.74) is 2.16. The quantitative estimate of drug-likeness (QED) is 0.337. The van der Waals surface area contributed by atoms with E-state index >= 15 is 0 Å². The van der Waals surface area contributed by atoms with Crippen molar-refractivity contribution in [3.05, 3.63) is 66.2 Å². The van der Waals surface area contributed by atoms with Crippen LogP contribution in [0.3, 0.4) is 0 Å². The van der Waals surface area contributed by atoms with E-state index in [2.05, 4.69) is 41.8 Å². The van der Waals surface area contributed by atoms with Crippen LogP contribution in [0.5, 0.6) is 0 Å². The number of ether oxygens (including phenoxy) is 1. The molecular formula is C24H31IN4O2. The van der Waals surface area contributed by atoms with Crippen LogP contribution in [0.25, 0.3) is 0 Å². The van der Waals surface area contributed by atoms with Gasteiger partial charge in [0, 0.05) is 44.3 Å². The number of para-hydroxylation sites is 1. The van der Waals surface area contributed by atoms with Crippen molar-refractivity contribution in [2.24, 2.45) is 10.9 Å². The molecule has 2 aliphatic heterocycles. The number of guanidine groups is 1. The smallest absolute Gasteiger partial charge is 0.229 e. The van der Waals surface area contributed by atoms with Gasteiger partial charge in [-0.05, 0) is 31.0 Å². The van der Waals surface area contributed by atoms with E-state index in [1.807, 2.05) is 41.3 Å². The monoisotopic (exact) mass is 534 g/mol. The van der Waals surface area contributed by atoms with Gasteiger partial charge in [-0.25, -0.2) is 0 Å². The summed E-state index contributed by atoms with van der Waals surface area (Å²) in [6, 6.07) is 20.3. The summed E-state index contributed by atoms with van der Waals surface area (Å²) >= 11 is 0. The maximum absolute atomic E-state index is 12.5. The number of anilines is 1. The Morgan fingerprint density at radius 3 is 2.55 bits per heavy atom. The predicted molar refractivity (Wildman–Crippen MR) is 135 cm³/mol. The number of hydrogen-bond donors (Lipinski definition) is 2. The first-order chi connectivity index (χ1) is 14.7. The molecule has 0 spiro atoms. The van der Waals surface area contributed by atoms with E-state index in [1.165, 1.54) is 5.56 Å². The van der Waals surface area contributed by atoms with Crippen molar-refractivity contribution in [2.75, 3.05) is 31.1 Å². The van der Waals surface area contributed by atoms with E-state index in [4.69, 9.17) is 9.73 Å². The first-order valence-corrected chi connectivity index (χ1v) is 10.8. The first kappa shape index (κ1) is 23.5. The number of rotatable bonds is 6. The second-order valence-electron chi connectivity index (χ2n) is 7.86. The van der Waals surface area contributed by atoms with Crippen LogP contribution in [0, 0.1) is 5.92 Å². The molecule has 0 saturated carbocycles. The molecule has 2 aliphatic rings. The molecule has 166 valence electrons. The van der Waals surface area contributed by atoms with Gasteiger partial charge in [-0.3, -0.25) is 9.79 Å². The lowest BCUT2D eigenvalue weighted by atomic mass is 9.95. The van der Waals surface area contributed by atoms with Crippen molar-refractivity contribution in [3.8, 4) is 0 Å². The molecule has 0 aromatic heterocycles. The van der Waals surface area contributed by atoms with Gasteiger partial charge in [0.15, 0.2) is 5.96 Å². The fraction of sp³-hybridized carbons (Fsp3) is 0.417. The van der Waals surface area contributed by atoms with Gasteiger partial charge in [-0.2, -0.15) is 0 Å². The Bertz CT molecular complexity index is 862. The number of halogens is 1. The minimum Gasteiger partial charge on any atom is -0.373 e. The molecule has 0 aliphatic carbocycles. The highest BCUT2D eigenvalue weighted by Crippen LogP contribution is 2.34. The average Bonchev–Trinajstić information content (AvgIpc) is 3.40. The number of carbonyl (C=O) groups excluding carboxylic acids is 1. The summed E-state index contributed by atoms with van der Waals surface area (Å²) in [7, 11) is 0. The standard InChI is InChI=1S/C24H30N4O2.HI/c1-2-25-24(26-16-19-13-14-30-23(19)18-9-5-3-6-10-18)27-20-15-22(29)28(17-20)21-11-7-4-8-12-21;/h3-12,19-20,23H,2,13-17H2,1H3,(H2,25,26,27);1H. The van der Waals surface area contributed by atoms with Crippen LogP contribution in [-0.4, -0.2) is 44.1 Å². The molecule has 4 rings (SSSR count). The molecule has 3 atom stereocenters. The predicted octanol–water partition coefficient (Wildman–Crippen LogP) is 3.74. The summed E-state index contributed by atoms with van der Waals surface area (Å²) in [6.07, 6.45) is 1.57. The zero-order chi connectivity index (χ0) is 20.8. The number of carbonyl (C=O) groups is 1. The van der Waals surface area contributed by atoms with Gasteiger partial charge in [0.2, 0.25) is 5.91 Å². The molecule has 3 unspecified atom stereocenters. The second kappa shape index (κ2) is 11.5. The second-order valence-corrected chi connectivity index (χ2v) is 7.86. The Kier molecular flexibility index (Phi) is 8.71. The molecule has 2 aromatic carbocycles. The average molecular weight is 534 g/mol. The number of hydrogen-bond acceptors (Lipinski definition) is 3. The lowest BCUT2D eigenvalue weighted by Crippen LogP contribution is -2.45. The number of nitrogens with one attached hydrogen (secondary N) is 2. The highest BCUT2D eigenvalue weighted by atomic mass is 127. The molecule has 6 nitrogen and oxygen atoms in total.